The van der Waals surface area contributed by atoms with E-state index in [1.165, 1.54) is 28.0 Å². The van der Waals surface area contributed by atoms with Gasteiger partial charge in [-0.1, -0.05) is 17.4 Å². The maximum atomic E-state index is 5.37. The number of aromatic nitrogens is 6. The van der Waals surface area contributed by atoms with Crippen LogP contribution in [0.2, 0.25) is 0 Å². The van der Waals surface area contributed by atoms with E-state index in [4.69, 9.17) is 4.74 Å². The van der Waals surface area contributed by atoms with Crippen LogP contribution in [0.3, 0.4) is 0 Å². The average Bonchev–Trinajstić information content (AvgIpc) is 3.39. The Labute approximate surface area is 167 Å². The van der Waals surface area contributed by atoms with E-state index in [9.17, 15) is 0 Å². The van der Waals surface area contributed by atoms with Gasteiger partial charge in [-0.15, -0.1) is 21.5 Å². The minimum Gasteiger partial charge on any atom is -0.492 e. The Morgan fingerprint density at radius 2 is 2.00 bits per heavy atom. The van der Waals surface area contributed by atoms with Crippen LogP contribution in [-0.2, 0) is 6.54 Å². The van der Waals surface area contributed by atoms with Crippen molar-refractivity contribution >= 4 is 39.6 Å². The number of hydrogen-bond acceptors (Lipinski definition) is 11. The fraction of sp³-hybridized carbons (Fsp3) is 0.125. The van der Waals surface area contributed by atoms with Gasteiger partial charge in [0, 0.05) is 17.3 Å². The molecule has 4 heterocycles. The number of thiophene rings is 1. The molecule has 4 aromatic heterocycles. The Hall–Kier alpha value is -2.63. The van der Waals surface area contributed by atoms with E-state index in [0.29, 0.717) is 22.4 Å². The van der Waals surface area contributed by atoms with Gasteiger partial charge in [-0.3, -0.25) is 0 Å². The lowest BCUT2D eigenvalue weighted by molar-refractivity contribution is 0.398. The summed E-state index contributed by atoms with van der Waals surface area (Å²) in [6.45, 7) is 0.725. The van der Waals surface area contributed by atoms with Gasteiger partial charge < -0.3 is 10.1 Å². The zero-order valence-corrected chi connectivity index (χ0v) is 16.5. The van der Waals surface area contributed by atoms with Crippen LogP contribution in [0, 0.1) is 0 Å². The predicted molar refractivity (Wildman–Crippen MR) is 105 cm³/mol. The molecule has 0 unspecified atom stereocenters. The molecule has 136 valence electrons. The predicted octanol–water partition coefficient (Wildman–Crippen LogP) is 3.62. The Bertz CT molecular complexity index is 1010. The van der Waals surface area contributed by atoms with Crippen LogP contribution in [0.25, 0.3) is 11.6 Å². The first-order valence-electron chi connectivity index (χ1n) is 7.78. The second-order valence-corrected chi connectivity index (χ2v) is 8.29. The second kappa shape index (κ2) is 8.37. The largest absolute Gasteiger partial charge is 0.492 e. The molecule has 0 aromatic carbocycles. The summed E-state index contributed by atoms with van der Waals surface area (Å²) in [6, 6.07) is 5.85. The van der Waals surface area contributed by atoms with E-state index in [0.717, 1.165) is 16.0 Å². The summed E-state index contributed by atoms with van der Waals surface area (Å²) in [5.74, 6) is 1.44. The lowest BCUT2D eigenvalue weighted by Crippen LogP contribution is -1.98. The van der Waals surface area contributed by atoms with E-state index < -0.39 is 0 Å². The quantitative estimate of drug-likeness (QED) is 0.454. The molecule has 0 saturated heterocycles. The molecule has 0 aliphatic heterocycles. The van der Waals surface area contributed by atoms with Crippen LogP contribution in [0.4, 0.5) is 5.13 Å². The zero-order chi connectivity index (χ0) is 18.5. The van der Waals surface area contributed by atoms with Crippen molar-refractivity contribution in [3.05, 3.63) is 47.0 Å². The van der Waals surface area contributed by atoms with Crippen molar-refractivity contribution in [3.63, 3.8) is 0 Å². The third-order valence-electron chi connectivity index (χ3n) is 3.29. The highest BCUT2D eigenvalue weighted by atomic mass is 32.2. The molecular weight excluding hydrogens is 402 g/mol. The first-order chi connectivity index (χ1) is 13.3. The van der Waals surface area contributed by atoms with Crippen molar-refractivity contribution in [2.45, 2.75) is 15.9 Å². The highest BCUT2D eigenvalue weighted by Gasteiger charge is 2.15. The Kier molecular flexibility index (Phi) is 5.51. The number of hydrogen-bond donors (Lipinski definition) is 1. The summed E-state index contributed by atoms with van der Waals surface area (Å²) in [6.07, 6.45) is 4.91. The summed E-state index contributed by atoms with van der Waals surface area (Å²) in [5, 5.41) is 15.1. The molecule has 0 atom stereocenters. The van der Waals surface area contributed by atoms with Crippen LogP contribution < -0.4 is 10.1 Å². The molecule has 0 saturated carbocycles. The Morgan fingerprint density at radius 1 is 1.11 bits per heavy atom. The molecule has 0 fully saturated rings. The number of rotatable bonds is 7. The molecule has 11 heteroatoms. The lowest BCUT2D eigenvalue weighted by Gasteiger charge is -2.06. The van der Waals surface area contributed by atoms with E-state index >= 15 is 0 Å². The molecule has 0 amide bonds. The van der Waals surface area contributed by atoms with Gasteiger partial charge >= 0.3 is 0 Å². The van der Waals surface area contributed by atoms with Crippen LogP contribution in [0.1, 0.15) is 4.88 Å². The molecule has 8 nitrogen and oxygen atoms in total. The molecule has 0 aliphatic carbocycles. The van der Waals surface area contributed by atoms with Gasteiger partial charge in [0.05, 0.1) is 19.9 Å². The molecule has 27 heavy (non-hydrogen) atoms. The first kappa shape index (κ1) is 17.8. The Balaban J connectivity index is 1.51. The topological polar surface area (TPSA) is 98.6 Å². The SMILES string of the molecule is COc1cnc(-c2ncccn2)nc1Sc1nnc(NCc2cccs2)s1. The third kappa shape index (κ3) is 4.38. The molecule has 4 rings (SSSR count). The van der Waals surface area contributed by atoms with Gasteiger partial charge in [-0.25, -0.2) is 19.9 Å². The van der Waals surface area contributed by atoms with Gasteiger partial charge in [0.1, 0.15) is 5.03 Å². The van der Waals surface area contributed by atoms with Gasteiger partial charge in [0.15, 0.2) is 21.7 Å². The highest BCUT2D eigenvalue weighted by Crippen LogP contribution is 2.36. The number of ether oxygens (including phenoxy) is 1. The average molecular weight is 416 g/mol. The van der Waals surface area contributed by atoms with E-state index in [-0.39, 0.29) is 0 Å². The van der Waals surface area contributed by atoms with E-state index in [2.05, 4.69) is 41.5 Å². The normalized spacial score (nSPS) is 10.7. The highest BCUT2D eigenvalue weighted by molar-refractivity contribution is 8.01. The summed E-state index contributed by atoms with van der Waals surface area (Å²) >= 11 is 4.52. The van der Waals surface area contributed by atoms with Crippen molar-refractivity contribution < 1.29 is 4.74 Å². The molecular formula is C16H13N7OS3. The fourth-order valence-corrected chi connectivity index (χ4v) is 4.45. The fourth-order valence-electron chi connectivity index (χ4n) is 2.07. The van der Waals surface area contributed by atoms with Crippen molar-refractivity contribution in [1.82, 2.24) is 30.1 Å². The van der Waals surface area contributed by atoms with Crippen molar-refractivity contribution in [2.75, 3.05) is 12.4 Å². The van der Waals surface area contributed by atoms with Crippen molar-refractivity contribution in [1.29, 1.82) is 0 Å². The number of nitrogens with zero attached hydrogens (tertiary/aromatic N) is 6. The zero-order valence-electron chi connectivity index (χ0n) is 14.1. The van der Waals surface area contributed by atoms with Gasteiger partial charge in [-0.05, 0) is 29.3 Å². The minimum absolute atomic E-state index is 0.430. The smallest absolute Gasteiger partial charge is 0.206 e. The standard InChI is InChI=1S/C16H13N7OS3/c1-24-11-9-19-13(12-17-5-3-6-18-12)21-14(11)26-16-23-22-15(27-16)20-8-10-4-2-7-25-10/h2-7,9H,8H2,1H3,(H,20,22). The monoisotopic (exact) mass is 415 g/mol. The summed E-state index contributed by atoms with van der Waals surface area (Å²) < 4.78 is 6.12. The summed E-state index contributed by atoms with van der Waals surface area (Å²) in [7, 11) is 1.58. The number of anilines is 1. The van der Waals surface area contributed by atoms with Crippen molar-refractivity contribution in [3.8, 4) is 17.4 Å². The van der Waals surface area contributed by atoms with Gasteiger partial charge in [0.25, 0.3) is 0 Å². The maximum absolute atomic E-state index is 5.37. The van der Waals surface area contributed by atoms with Gasteiger partial charge in [-0.2, -0.15) is 0 Å². The van der Waals surface area contributed by atoms with Crippen LogP contribution in [-0.4, -0.2) is 37.2 Å². The van der Waals surface area contributed by atoms with Crippen LogP contribution in [0.5, 0.6) is 5.75 Å². The van der Waals surface area contributed by atoms with Crippen LogP contribution >= 0.6 is 34.4 Å². The number of methoxy groups -OCH3 is 1. The molecule has 4 aromatic rings. The summed E-state index contributed by atoms with van der Waals surface area (Å²) in [5.41, 5.74) is 0. The molecule has 0 spiro atoms. The number of nitrogens with one attached hydrogen (secondary N) is 1. The molecule has 0 bridgehead atoms. The summed E-state index contributed by atoms with van der Waals surface area (Å²) in [4.78, 5) is 18.4. The second-order valence-electron chi connectivity index (χ2n) is 5.05. The first-order valence-corrected chi connectivity index (χ1v) is 10.3. The Morgan fingerprint density at radius 3 is 2.78 bits per heavy atom. The van der Waals surface area contributed by atoms with Crippen LogP contribution in [0.15, 0.2) is 51.5 Å². The van der Waals surface area contributed by atoms with E-state index in [1.54, 1.807) is 43.1 Å². The van der Waals surface area contributed by atoms with Crippen molar-refractivity contribution in [2.24, 2.45) is 0 Å². The molecule has 1 N–H and O–H groups in total. The maximum Gasteiger partial charge on any atom is 0.206 e. The minimum atomic E-state index is 0.430. The molecule has 0 aliphatic rings. The lowest BCUT2D eigenvalue weighted by atomic mass is 10.5. The third-order valence-corrected chi connectivity index (χ3v) is 6.09. The molecule has 0 radical (unpaired) electrons. The van der Waals surface area contributed by atoms with E-state index in [1.807, 2.05) is 11.4 Å². The van der Waals surface area contributed by atoms with Gasteiger partial charge in [0.2, 0.25) is 5.13 Å².